The van der Waals surface area contributed by atoms with E-state index in [-0.39, 0.29) is 41.3 Å². The number of carbonyl (C=O) groups is 1. The first-order valence-corrected chi connectivity index (χ1v) is 9.84. The summed E-state index contributed by atoms with van der Waals surface area (Å²) in [5.74, 6) is -0.729. The monoisotopic (exact) mass is 398 g/mol. The molecule has 28 heavy (non-hydrogen) atoms. The second-order valence-electron chi connectivity index (χ2n) is 8.76. The van der Waals surface area contributed by atoms with E-state index < -0.39 is 23.8 Å². The minimum Gasteiger partial charge on any atom is -0.461 e. The van der Waals surface area contributed by atoms with E-state index >= 15 is 0 Å². The number of halogens is 3. The Bertz CT molecular complexity index is 794. The van der Waals surface area contributed by atoms with Crippen LogP contribution in [0.1, 0.15) is 55.9 Å². The third kappa shape index (κ3) is 3.19. The summed E-state index contributed by atoms with van der Waals surface area (Å²) in [5.41, 5.74) is -0.756. The molecule has 154 valence electrons. The van der Waals surface area contributed by atoms with Gasteiger partial charge in [0.25, 0.3) is 0 Å². The topological polar surface area (TPSA) is 61.3 Å². The fourth-order valence-corrected chi connectivity index (χ4v) is 5.11. The summed E-state index contributed by atoms with van der Waals surface area (Å²) in [6, 6.07) is 0. The SMILES string of the molecule is Cc1nc2c(c(C(F)(F)F)n1)C[C@H](C(=O)O[C@@H]1[C@H]3CCCO[C@H]3C1(C)C)CC2. The average Bonchev–Trinajstić information content (AvgIpc) is 2.64. The first-order valence-electron chi connectivity index (χ1n) is 9.84. The van der Waals surface area contributed by atoms with E-state index in [4.69, 9.17) is 9.47 Å². The number of alkyl halides is 3. The van der Waals surface area contributed by atoms with Gasteiger partial charge in [-0.2, -0.15) is 13.2 Å². The van der Waals surface area contributed by atoms with Crippen LogP contribution >= 0.6 is 0 Å². The molecule has 0 amide bonds. The van der Waals surface area contributed by atoms with Crippen molar-refractivity contribution in [3.63, 3.8) is 0 Å². The minimum atomic E-state index is -4.56. The lowest BCUT2D eigenvalue weighted by Crippen LogP contribution is -2.65. The number of nitrogens with zero attached hydrogens (tertiary/aromatic N) is 2. The van der Waals surface area contributed by atoms with E-state index in [1.807, 2.05) is 13.8 Å². The standard InChI is InChI=1S/C20H25F3N2O3/c1-10-24-14-7-6-11(9-13(14)15(25-10)20(21,22)23)18(26)28-17-12-5-4-8-27-16(12)19(17,2)3/h11-12,16-17H,4-9H2,1-3H3/t11-,12+,16-,17-/m1/s1. The summed E-state index contributed by atoms with van der Waals surface area (Å²) < 4.78 is 51.9. The third-order valence-electron chi connectivity index (χ3n) is 6.45. The molecule has 0 aromatic carbocycles. The van der Waals surface area contributed by atoms with Gasteiger partial charge < -0.3 is 9.47 Å². The molecule has 2 fully saturated rings. The Balaban J connectivity index is 1.51. The first kappa shape index (κ1) is 19.6. The summed E-state index contributed by atoms with van der Waals surface area (Å²) >= 11 is 0. The van der Waals surface area contributed by atoms with E-state index in [9.17, 15) is 18.0 Å². The van der Waals surface area contributed by atoms with Gasteiger partial charge in [-0.25, -0.2) is 9.97 Å². The van der Waals surface area contributed by atoms with Crippen molar-refractivity contribution in [1.29, 1.82) is 0 Å². The van der Waals surface area contributed by atoms with Crippen LogP contribution in [0.15, 0.2) is 0 Å². The lowest BCUT2D eigenvalue weighted by molar-refractivity contribution is -0.256. The lowest BCUT2D eigenvalue weighted by Gasteiger charge is -2.58. The molecule has 1 saturated carbocycles. The summed E-state index contributed by atoms with van der Waals surface area (Å²) in [5, 5.41) is 0. The fraction of sp³-hybridized carbons (Fsp3) is 0.750. The van der Waals surface area contributed by atoms with Crippen molar-refractivity contribution < 1.29 is 27.4 Å². The predicted octanol–water partition coefficient (Wildman–Crippen LogP) is 3.66. The van der Waals surface area contributed by atoms with Crippen LogP contribution in [0.3, 0.4) is 0 Å². The molecule has 2 heterocycles. The van der Waals surface area contributed by atoms with Gasteiger partial charge in [0.15, 0.2) is 5.69 Å². The molecule has 1 aliphatic heterocycles. The van der Waals surface area contributed by atoms with Gasteiger partial charge >= 0.3 is 12.1 Å². The molecule has 4 rings (SSSR count). The Hall–Kier alpha value is -1.70. The highest BCUT2D eigenvalue weighted by atomic mass is 19.4. The number of fused-ring (bicyclic) bond motifs is 2. The van der Waals surface area contributed by atoms with E-state index in [2.05, 4.69) is 9.97 Å². The molecule has 5 nitrogen and oxygen atoms in total. The van der Waals surface area contributed by atoms with Gasteiger partial charge in [-0.3, -0.25) is 4.79 Å². The van der Waals surface area contributed by atoms with Crippen molar-refractivity contribution in [3.8, 4) is 0 Å². The highest BCUT2D eigenvalue weighted by Crippen LogP contribution is 2.53. The third-order valence-corrected chi connectivity index (χ3v) is 6.45. The summed E-state index contributed by atoms with van der Waals surface area (Å²) in [6.45, 7) is 6.22. The van der Waals surface area contributed by atoms with Gasteiger partial charge in [-0.1, -0.05) is 13.8 Å². The molecule has 1 aromatic rings. The number of esters is 1. The molecule has 4 atom stereocenters. The Kier molecular flexibility index (Phi) is 4.68. The number of ether oxygens (including phenoxy) is 2. The van der Waals surface area contributed by atoms with E-state index in [0.717, 1.165) is 19.4 Å². The van der Waals surface area contributed by atoms with Crippen LogP contribution in [0.2, 0.25) is 0 Å². The largest absolute Gasteiger partial charge is 0.461 e. The van der Waals surface area contributed by atoms with Crippen molar-refractivity contribution >= 4 is 5.97 Å². The normalized spacial score (nSPS) is 31.4. The van der Waals surface area contributed by atoms with Crippen molar-refractivity contribution in [2.45, 2.75) is 71.3 Å². The Labute approximate surface area is 162 Å². The number of rotatable bonds is 2. The molecule has 0 spiro atoms. The maximum Gasteiger partial charge on any atom is 0.433 e. The van der Waals surface area contributed by atoms with Gasteiger partial charge in [-0.05, 0) is 39.0 Å². The van der Waals surface area contributed by atoms with Gasteiger partial charge in [0, 0.05) is 29.2 Å². The number of aryl methyl sites for hydroxylation is 2. The highest BCUT2D eigenvalue weighted by Gasteiger charge is 2.60. The van der Waals surface area contributed by atoms with E-state index in [0.29, 0.717) is 18.5 Å². The zero-order chi connectivity index (χ0) is 20.3. The Morgan fingerprint density at radius 2 is 2.00 bits per heavy atom. The van der Waals surface area contributed by atoms with Crippen molar-refractivity contribution in [2.75, 3.05) is 6.61 Å². The van der Waals surface area contributed by atoms with E-state index in [1.54, 1.807) is 0 Å². The second kappa shape index (κ2) is 6.68. The minimum absolute atomic E-state index is 0.0268. The fourth-order valence-electron chi connectivity index (χ4n) is 5.11. The smallest absolute Gasteiger partial charge is 0.433 e. The average molecular weight is 398 g/mol. The van der Waals surface area contributed by atoms with Crippen molar-refractivity contribution in [2.24, 2.45) is 17.3 Å². The molecular weight excluding hydrogens is 373 g/mol. The number of carbonyl (C=O) groups excluding carboxylic acids is 1. The summed E-state index contributed by atoms with van der Waals surface area (Å²) in [4.78, 5) is 20.6. The number of aromatic nitrogens is 2. The van der Waals surface area contributed by atoms with Gasteiger partial charge in [0.2, 0.25) is 0 Å². The second-order valence-corrected chi connectivity index (χ2v) is 8.76. The van der Waals surface area contributed by atoms with Crippen LogP contribution in [0, 0.1) is 24.2 Å². The Morgan fingerprint density at radius 3 is 2.71 bits per heavy atom. The van der Waals surface area contributed by atoms with Crippen LogP contribution in [-0.2, 0) is 33.3 Å². The highest BCUT2D eigenvalue weighted by molar-refractivity contribution is 5.74. The molecule has 3 aliphatic rings. The van der Waals surface area contributed by atoms with Gasteiger partial charge in [0.05, 0.1) is 12.0 Å². The van der Waals surface area contributed by atoms with Crippen LogP contribution in [-0.4, -0.2) is 34.8 Å². The zero-order valence-corrected chi connectivity index (χ0v) is 16.3. The predicted molar refractivity (Wildman–Crippen MR) is 93.4 cm³/mol. The molecular formula is C20H25F3N2O3. The van der Waals surface area contributed by atoms with E-state index in [1.165, 1.54) is 6.92 Å². The van der Waals surface area contributed by atoms with Crippen molar-refractivity contribution in [1.82, 2.24) is 9.97 Å². The quantitative estimate of drug-likeness (QED) is 0.712. The molecule has 0 bridgehead atoms. The van der Waals surface area contributed by atoms with Gasteiger partial charge in [-0.15, -0.1) is 0 Å². The van der Waals surface area contributed by atoms with Crippen LogP contribution in [0.25, 0.3) is 0 Å². The Morgan fingerprint density at radius 1 is 1.25 bits per heavy atom. The molecule has 0 N–H and O–H groups in total. The molecule has 0 radical (unpaired) electrons. The first-order chi connectivity index (χ1) is 13.1. The maximum atomic E-state index is 13.4. The molecule has 1 aromatic heterocycles. The summed E-state index contributed by atoms with van der Waals surface area (Å²) in [7, 11) is 0. The summed E-state index contributed by atoms with van der Waals surface area (Å²) in [6.07, 6.45) is -2.10. The molecule has 1 saturated heterocycles. The molecule has 8 heteroatoms. The van der Waals surface area contributed by atoms with Crippen molar-refractivity contribution in [3.05, 3.63) is 22.8 Å². The lowest BCUT2D eigenvalue weighted by atomic mass is 9.56. The maximum absolute atomic E-state index is 13.4. The molecule has 2 aliphatic carbocycles. The number of hydrogen-bond acceptors (Lipinski definition) is 5. The zero-order valence-electron chi connectivity index (χ0n) is 16.3. The van der Waals surface area contributed by atoms with Crippen LogP contribution < -0.4 is 0 Å². The van der Waals surface area contributed by atoms with Gasteiger partial charge in [0.1, 0.15) is 11.9 Å². The van der Waals surface area contributed by atoms with Crippen LogP contribution in [0.5, 0.6) is 0 Å². The van der Waals surface area contributed by atoms with Crippen LogP contribution in [0.4, 0.5) is 13.2 Å². The number of hydrogen-bond donors (Lipinski definition) is 0. The molecule has 0 unspecified atom stereocenters.